The summed E-state index contributed by atoms with van der Waals surface area (Å²) in [5, 5.41) is 13.6. The third-order valence-corrected chi connectivity index (χ3v) is 13.8. The quantitative estimate of drug-likeness (QED) is 0.0614. The summed E-state index contributed by atoms with van der Waals surface area (Å²) in [4.78, 5) is 1.35. The molecule has 0 saturated carbocycles. The molecule has 10 heteroatoms. The van der Waals surface area contributed by atoms with Crippen molar-refractivity contribution in [1.29, 1.82) is 0 Å². The smallest absolute Gasteiger partial charge is 0.142 e. The molecular weight excluding hydrogens is 621 g/mol. The number of hydrogen-bond donors (Lipinski definition) is 2. The Labute approximate surface area is 235 Å². The molecule has 0 aliphatic heterocycles. The zero-order valence-electron chi connectivity index (χ0n) is 16.8. The molecule has 0 saturated heterocycles. The van der Waals surface area contributed by atoms with E-state index in [2.05, 4.69) is 42.5 Å². The maximum absolute atomic E-state index is 6.77. The summed E-state index contributed by atoms with van der Waals surface area (Å²) in [6.07, 6.45) is 0. The lowest BCUT2D eigenvalue weighted by molar-refractivity contribution is 1.39. The van der Waals surface area contributed by atoms with E-state index < -0.39 is 12.0 Å². The van der Waals surface area contributed by atoms with Gasteiger partial charge >= 0.3 is 12.0 Å². The van der Waals surface area contributed by atoms with Crippen molar-refractivity contribution in [2.24, 2.45) is 0 Å². The van der Waals surface area contributed by atoms with E-state index in [-0.39, 0.29) is 0 Å². The van der Waals surface area contributed by atoms with Gasteiger partial charge in [-0.2, -0.15) is 0 Å². The minimum atomic E-state index is -3.57. The van der Waals surface area contributed by atoms with Gasteiger partial charge in [-0.1, -0.05) is 48.5 Å². The van der Waals surface area contributed by atoms with Gasteiger partial charge in [0.1, 0.15) is 0 Å². The summed E-state index contributed by atoms with van der Waals surface area (Å²) in [5.74, 6) is 0. The Bertz CT molecular complexity index is 1950. The van der Waals surface area contributed by atoms with Crippen molar-refractivity contribution in [1.82, 2.24) is 0 Å². The number of benzene rings is 7. The molecule has 0 atom stereocenters. The van der Waals surface area contributed by atoms with Crippen LogP contribution in [0.15, 0.2) is 58.3 Å². The molecule has 0 aliphatic rings. The highest BCUT2D eigenvalue weighted by atomic mass is 35.8. The predicted molar refractivity (Wildman–Crippen MR) is 165 cm³/mol. The molecule has 0 aromatic heterocycles. The van der Waals surface area contributed by atoms with Crippen LogP contribution in [0.3, 0.4) is 0 Å². The van der Waals surface area contributed by atoms with Crippen LogP contribution in [0, 0.1) is 0 Å². The zero-order chi connectivity index (χ0) is 23.9. The van der Waals surface area contributed by atoms with E-state index in [1.54, 1.807) is 0 Å². The van der Waals surface area contributed by atoms with Gasteiger partial charge in [-0.05, 0) is 69.6 Å². The minimum absolute atomic E-state index is 0.511. The number of halogens is 6. The Morgan fingerprint density at radius 1 is 0.412 bits per heavy atom. The summed E-state index contributed by atoms with van der Waals surface area (Å²) in [6, 6.07) is 9.80. The Morgan fingerprint density at radius 3 is 1.32 bits per heavy atom. The Morgan fingerprint density at radius 2 is 0.824 bits per heavy atom. The summed E-state index contributed by atoms with van der Waals surface area (Å²) in [7, 11) is 0. The summed E-state index contributed by atoms with van der Waals surface area (Å²) < 4.78 is 0. The largest absolute Gasteiger partial charge is 0.373 e. The fraction of sp³-hybridized carbons (Fsp3) is 0. The normalized spacial score (nSPS) is 13.9. The molecule has 0 nitrogen and oxygen atoms in total. The van der Waals surface area contributed by atoms with Crippen molar-refractivity contribution in [2.45, 2.75) is 9.79 Å². The minimum Gasteiger partial charge on any atom is -0.142 e. The van der Waals surface area contributed by atoms with Gasteiger partial charge in [0.2, 0.25) is 0 Å². The Balaban J connectivity index is 2.02. The van der Waals surface area contributed by atoms with Crippen LogP contribution in [0.25, 0.3) is 64.6 Å². The maximum atomic E-state index is 6.77. The molecule has 34 heavy (non-hydrogen) atoms. The molecule has 168 valence electrons. The molecule has 0 amide bonds. The second-order valence-electron chi connectivity index (χ2n) is 8.59. The zero-order valence-corrected chi connectivity index (χ0v) is 25.1. The van der Waals surface area contributed by atoms with Crippen LogP contribution in [-0.2, 0) is 0 Å². The molecule has 0 aliphatic carbocycles. The van der Waals surface area contributed by atoms with Gasteiger partial charge in [0.15, 0.2) is 0 Å². The lowest BCUT2D eigenvalue weighted by Gasteiger charge is -2.29. The van der Waals surface area contributed by atoms with Crippen LogP contribution < -0.4 is 10.4 Å². The van der Waals surface area contributed by atoms with Crippen LogP contribution in [0.2, 0.25) is 0 Å². The first kappa shape index (κ1) is 22.9. The van der Waals surface area contributed by atoms with Crippen molar-refractivity contribution in [3.05, 3.63) is 48.5 Å². The van der Waals surface area contributed by atoms with Crippen LogP contribution in [0.1, 0.15) is 0 Å². The van der Waals surface area contributed by atoms with Gasteiger partial charge in [-0.15, -0.1) is 91.7 Å². The first-order valence-corrected chi connectivity index (χ1v) is 21.2. The van der Waals surface area contributed by atoms with Crippen LogP contribution >= 0.6 is 91.7 Å². The van der Waals surface area contributed by atoms with Gasteiger partial charge in [0, 0.05) is 15.2 Å². The van der Waals surface area contributed by atoms with Crippen LogP contribution in [0.5, 0.6) is 0 Å². The summed E-state index contributed by atoms with van der Waals surface area (Å²) in [5.41, 5.74) is 0. The van der Waals surface area contributed by atoms with E-state index >= 15 is 0 Å². The first-order chi connectivity index (χ1) is 16.0. The van der Waals surface area contributed by atoms with Gasteiger partial charge in [-0.3, -0.25) is 0 Å². The highest BCUT2D eigenvalue weighted by molar-refractivity contribution is 7.84. The van der Waals surface area contributed by atoms with Gasteiger partial charge in [0.25, 0.3) is 0 Å². The molecule has 0 bridgehead atoms. The highest BCUT2D eigenvalue weighted by Gasteiger charge is 2.44. The fourth-order valence-electron chi connectivity index (χ4n) is 5.79. The van der Waals surface area contributed by atoms with Crippen molar-refractivity contribution in [2.75, 3.05) is 0 Å². The van der Waals surface area contributed by atoms with Gasteiger partial charge < -0.3 is 0 Å². The average molecular weight is 631 g/mol. The van der Waals surface area contributed by atoms with Gasteiger partial charge in [0.05, 0.1) is 0 Å². The summed E-state index contributed by atoms with van der Waals surface area (Å²) in [6.45, 7) is 0. The Kier molecular flexibility index (Phi) is 4.85. The molecule has 0 spiro atoms. The van der Waals surface area contributed by atoms with Crippen molar-refractivity contribution in [3.63, 3.8) is 0 Å². The molecule has 0 radical (unpaired) electrons. The molecule has 7 aromatic rings. The predicted octanol–water partition coefficient (Wildman–Crippen LogP) is 9.22. The molecular formula is C24H10Cl6S2Si2. The van der Waals surface area contributed by atoms with E-state index in [4.69, 9.17) is 91.7 Å². The van der Waals surface area contributed by atoms with Crippen LogP contribution in [-0.4, -0.2) is 12.0 Å². The average Bonchev–Trinajstić information content (AvgIpc) is 2.78. The fourth-order valence-corrected chi connectivity index (χ4v) is 14.4. The number of rotatable bonds is 2. The molecule has 0 unspecified atom stereocenters. The number of thiol groups is 2. The van der Waals surface area contributed by atoms with E-state index in [0.29, 0.717) is 15.3 Å². The van der Waals surface area contributed by atoms with E-state index in [1.807, 2.05) is 6.07 Å². The molecule has 0 heterocycles. The van der Waals surface area contributed by atoms with E-state index in [9.17, 15) is 0 Å². The maximum Gasteiger partial charge on any atom is 0.373 e. The first-order valence-electron chi connectivity index (χ1n) is 10.2. The van der Waals surface area contributed by atoms with Crippen molar-refractivity contribution < 1.29 is 0 Å². The van der Waals surface area contributed by atoms with Crippen molar-refractivity contribution >= 4 is 179 Å². The van der Waals surface area contributed by atoms with Gasteiger partial charge in [-0.25, -0.2) is 0 Å². The highest BCUT2D eigenvalue weighted by Crippen LogP contribution is 2.51. The lowest BCUT2D eigenvalue weighted by atomic mass is 9.83. The molecule has 0 N–H and O–H groups in total. The SMILES string of the molecule is Sc1c(S)c2c([Si](Cl)(Cl)Cl)c([Si](Cl)(Cl)Cl)c3ccc4ccc5ccc6ccc1c1c6c5c4c3c21. The van der Waals surface area contributed by atoms with E-state index in [1.165, 1.54) is 10.8 Å². The van der Waals surface area contributed by atoms with Crippen molar-refractivity contribution in [3.8, 4) is 0 Å². The molecule has 0 fully saturated rings. The molecule has 7 aromatic carbocycles. The standard InChI is InChI=1S/C24H10Cl6S2Si2/c25-33(26,27)23-13-8-6-11-4-2-9-1-3-10-5-7-12-17-15(10)14(9)16(11)18(13)19(17)20(22(32)21(12)31)24(23)34(28,29)30/h1-8,31-32H. The summed E-state index contributed by atoms with van der Waals surface area (Å²) >= 11 is 50.4. The lowest BCUT2D eigenvalue weighted by Crippen LogP contribution is -2.51. The third kappa shape index (κ3) is 2.79. The number of hydrogen-bond acceptors (Lipinski definition) is 2. The van der Waals surface area contributed by atoms with E-state index in [0.717, 1.165) is 58.8 Å². The monoisotopic (exact) mass is 628 g/mol. The third-order valence-electron chi connectivity index (χ3n) is 6.95. The topological polar surface area (TPSA) is 0 Å². The second kappa shape index (κ2) is 7.19. The second-order valence-corrected chi connectivity index (χ2v) is 26.2. The Hall–Kier alpha value is -0.246. The van der Waals surface area contributed by atoms with Crippen LogP contribution in [0.4, 0.5) is 0 Å². The molecule has 7 rings (SSSR count).